The predicted octanol–water partition coefficient (Wildman–Crippen LogP) is 2.06. The van der Waals surface area contributed by atoms with E-state index < -0.39 is 23.9 Å². The third-order valence-electron chi connectivity index (χ3n) is 8.60. The Hall–Kier alpha value is -1.83. The Bertz CT molecular complexity index is 1000. The van der Waals surface area contributed by atoms with Gasteiger partial charge in [0.2, 0.25) is 0 Å². The lowest BCUT2D eigenvalue weighted by Crippen LogP contribution is -2.58. The van der Waals surface area contributed by atoms with Crippen LogP contribution in [0, 0.1) is 11.3 Å². The highest BCUT2D eigenvalue weighted by molar-refractivity contribution is 5.74. The van der Waals surface area contributed by atoms with Crippen LogP contribution in [0.3, 0.4) is 0 Å². The molecule has 6 heteroatoms. The minimum Gasteiger partial charge on any atom is -0.388 e. The third kappa shape index (κ3) is 3.16. The quantitative estimate of drug-likeness (QED) is 0.564. The Morgan fingerprint density at radius 1 is 1.09 bits per heavy atom. The number of aromatic nitrogens is 1. The summed E-state index contributed by atoms with van der Waals surface area (Å²) in [6.45, 7) is 2.24. The molecule has 1 aromatic heterocycles. The Labute approximate surface area is 189 Å². The summed E-state index contributed by atoms with van der Waals surface area (Å²) in [7, 11) is 3.72. The van der Waals surface area contributed by atoms with Crippen LogP contribution in [-0.2, 0) is 0 Å². The van der Waals surface area contributed by atoms with Crippen molar-refractivity contribution in [3.05, 3.63) is 59.0 Å². The second-order valence-corrected chi connectivity index (χ2v) is 10.6. The van der Waals surface area contributed by atoms with E-state index in [1.54, 1.807) is 12.4 Å². The molecule has 0 saturated heterocycles. The third-order valence-corrected chi connectivity index (χ3v) is 8.60. The first-order valence-electron chi connectivity index (χ1n) is 11.6. The molecule has 0 bridgehead atoms. The fourth-order valence-electron chi connectivity index (χ4n) is 6.83. The van der Waals surface area contributed by atoms with E-state index in [9.17, 15) is 20.4 Å². The van der Waals surface area contributed by atoms with E-state index in [1.807, 2.05) is 37.2 Å². The molecular weight excluding hydrogens is 404 g/mol. The van der Waals surface area contributed by atoms with E-state index >= 15 is 0 Å². The number of rotatable bonds is 2. The first kappa shape index (κ1) is 22.0. The van der Waals surface area contributed by atoms with Gasteiger partial charge in [-0.05, 0) is 86.5 Å². The predicted molar refractivity (Wildman–Crippen MR) is 122 cm³/mol. The molecule has 0 aromatic carbocycles. The van der Waals surface area contributed by atoms with Crippen molar-refractivity contribution >= 4 is 5.57 Å². The summed E-state index contributed by atoms with van der Waals surface area (Å²) in [5.74, 6) is 0.247. The van der Waals surface area contributed by atoms with Gasteiger partial charge in [0.25, 0.3) is 0 Å². The summed E-state index contributed by atoms with van der Waals surface area (Å²) in [5.41, 5.74) is 3.49. The van der Waals surface area contributed by atoms with Gasteiger partial charge in [-0.2, -0.15) is 0 Å². The molecule has 1 fully saturated rings. The first-order chi connectivity index (χ1) is 15.2. The largest absolute Gasteiger partial charge is 0.388 e. The van der Waals surface area contributed by atoms with E-state index in [-0.39, 0.29) is 17.4 Å². The molecule has 1 heterocycles. The smallest absolute Gasteiger partial charge is 0.105 e. The summed E-state index contributed by atoms with van der Waals surface area (Å²) in [6, 6.07) is 3.73. The number of fused-ring (bicyclic) bond motifs is 3. The molecule has 0 spiro atoms. The van der Waals surface area contributed by atoms with Crippen molar-refractivity contribution in [1.82, 2.24) is 9.88 Å². The van der Waals surface area contributed by atoms with Gasteiger partial charge in [0.15, 0.2) is 0 Å². The zero-order valence-electron chi connectivity index (χ0n) is 19.1. The molecule has 32 heavy (non-hydrogen) atoms. The molecule has 172 valence electrons. The number of hydrogen-bond donors (Lipinski definition) is 4. The first-order valence-corrected chi connectivity index (χ1v) is 11.6. The standard InChI is InChI=1S/C26H34N2O4/c1-25-14-22(29)17-12-20-23(30)24(31)21(28(2)3)13-26(20,32)9-6-16(17)19(25)5-4-18(25)15-7-10-27-11-8-15/h4,7-8,10-12,19,21-24,29-32H,5-6,9,13-14H2,1-3H3. The van der Waals surface area contributed by atoms with Gasteiger partial charge in [0.05, 0.1) is 17.8 Å². The van der Waals surface area contributed by atoms with Gasteiger partial charge in [-0.1, -0.05) is 24.6 Å². The average Bonchev–Trinajstić information content (AvgIpc) is 3.00. The van der Waals surface area contributed by atoms with Crippen molar-refractivity contribution in [3.8, 4) is 0 Å². The van der Waals surface area contributed by atoms with E-state index in [0.29, 0.717) is 31.3 Å². The topological polar surface area (TPSA) is 97.1 Å². The molecule has 5 rings (SSSR count). The Morgan fingerprint density at radius 3 is 2.50 bits per heavy atom. The molecule has 4 aliphatic carbocycles. The van der Waals surface area contributed by atoms with E-state index in [4.69, 9.17) is 0 Å². The fraction of sp³-hybridized carbons (Fsp3) is 0.577. The molecule has 0 radical (unpaired) electrons. The zero-order valence-corrected chi connectivity index (χ0v) is 19.1. The van der Waals surface area contributed by atoms with Crippen LogP contribution < -0.4 is 0 Å². The lowest BCUT2D eigenvalue weighted by atomic mass is 9.61. The lowest BCUT2D eigenvalue weighted by Gasteiger charge is -2.46. The van der Waals surface area contributed by atoms with Gasteiger partial charge in [-0.3, -0.25) is 4.98 Å². The van der Waals surface area contributed by atoms with Crippen molar-refractivity contribution < 1.29 is 20.4 Å². The SMILES string of the molecule is CN(C)C1CC2(O)CCC3=C(C=C2C(O)C1O)C(O)CC1(C)C(c2ccncc2)=CCC31. The monoisotopic (exact) mass is 438 g/mol. The van der Waals surface area contributed by atoms with Crippen LogP contribution in [-0.4, -0.2) is 74.4 Å². The van der Waals surface area contributed by atoms with Gasteiger partial charge in [0, 0.05) is 23.9 Å². The van der Waals surface area contributed by atoms with Gasteiger partial charge in [-0.15, -0.1) is 0 Å². The maximum Gasteiger partial charge on any atom is 0.105 e. The van der Waals surface area contributed by atoms with Crippen LogP contribution in [0.2, 0.25) is 0 Å². The minimum atomic E-state index is -1.19. The van der Waals surface area contributed by atoms with E-state index in [2.05, 4.69) is 18.0 Å². The van der Waals surface area contributed by atoms with Crippen molar-refractivity contribution in [1.29, 1.82) is 0 Å². The second-order valence-electron chi connectivity index (χ2n) is 10.6. The van der Waals surface area contributed by atoms with Crippen molar-refractivity contribution in [3.63, 3.8) is 0 Å². The minimum absolute atomic E-state index is 0.194. The van der Waals surface area contributed by atoms with Gasteiger partial charge in [-0.25, -0.2) is 0 Å². The molecule has 6 nitrogen and oxygen atoms in total. The number of nitrogens with zero attached hydrogens (tertiary/aromatic N) is 2. The molecule has 7 atom stereocenters. The number of aliphatic hydroxyl groups is 4. The normalized spacial score (nSPS) is 41.4. The molecule has 4 aliphatic rings. The summed E-state index contributed by atoms with van der Waals surface area (Å²) in [5, 5.41) is 44.6. The summed E-state index contributed by atoms with van der Waals surface area (Å²) < 4.78 is 0. The van der Waals surface area contributed by atoms with Crippen LogP contribution in [0.4, 0.5) is 0 Å². The number of likely N-dealkylation sites (N-methyl/N-ethyl adjacent to an activating group) is 1. The molecule has 1 saturated carbocycles. The van der Waals surface area contributed by atoms with E-state index in [0.717, 1.165) is 17.6 Å². The van der Waals surface area contributed by atoms with Crippen molar-refractivity contribution in [2.45, 2.75) is 69.0 Å². The molecule has 7 unspecified atom stereocenters. The number of hydrogen-bond acceptors (Lipinski definition) is 6. The maximum atomic E-state index is 11.7. The van der Waals surface area contributed by atoms with Crippen molar-refractivity contribution in [2.75, 3.05) is 14.1 Å². The highest BCUT2D eigenvalue weighted by Crippen LogP contribution is 2.60. The fourth-order valence-corrected chi connectivity index (χ4v) is 6.83. The summed E-state index contributed by atoms with van der Waals surface area (Å²) >= 11 is 0. The van der Waals surface area contributed by atoms with Crippen LogP contribution in [0.1, 0.15) is 44.6 Å². The van der Waals surface area contributed by atoms with Crippen LogP contribution in [0.15, 0.2) is 53.4 Å². The maximum absolute atomic E-state index is 11.7. The van der Waals surface area contributed by atoms with Gasteiger partial charge in [0.1, 0.15) is 6.10 Å². The van der Waals surface area contributed by atoms with Crippen LogP contribution in [0.25, 0.3) is 5.57 Å². The average molecular weight is 439 g/mol. The summed E-state index contributed by atoms with van der Waals surface area (Å²) in [4.78, 5) is 6.02. The highest BCUT2D eigenvalue weighted by atomic mass is 16.3. The Morgan fingerprint density at radius 2 is 1.81 bits per heavy atom. The number of aliphatic hydroxyl groups excluding tert-OH is 3. The van der Waals surface area contributed by atoms with Crippen LogP contribution in [0.5, 0.6) is 0 Å². The van der Waals surface area contributed by atoms with E-state index in [1.165, 1.54) is 11.1 Å². The van der Waals surface area contributed by atoms with Gasteiger partial charge < -0.3 is 25.3 Å². The molecule has 4 N–H and O–H groups in total. The number of pyridine rings is 1. The summed E-state index contributed by atoms with van der Waals surface area (Å²) in [6.07, 6.45) is 7.92. The highest BCUT2D eigenvalue weighted by Gasteiger charge is 2.53. The van der Waals surface area contributed by atoms with Gasteiger partial charge >= 0.3 is 0 Å². The Balaban J connectivity index is 1.54. The molecule has 1 aromatic rings. The molecular formula is C26H34N2O4. The van der Waals surface area contributed by atoms with Crippen LogP contribution >= 0.6 is 0 Å². The molecule has 0 amide bonds. The molecule has 0 aliphatic heterocycles. The number of allylic oxidation sites excluding steroid dienone is 3. The Kier molecular flexibility index (Phi) is 5.23. The van der Waals surface area contributed by atoms with Crippen molar-refractivity contribution in [2.24, 2.45) is 11.3 Å². The second kappa shape index (κ2) is 7.61. The zero-order chi connectivity index (χ0) is 22.8. The lowest BCUT2D eigenvalue weighted by molar-refractivity contribution is -0.0922.